The van der Waals surface area contributed by atoms with Crippen LogP contribution in [0.1, 0.15) is 11.8 Å². The Labute approximate surface area is 125 Å². The van der Waals surface area contributed by atoms with Crippen molar-refractivity contribution in [3.63, 3.8) is 0 Å². The number of piperazine rings is 1. The second-order valence-electron chi connectivity index (χ2n) is 4.25. The minimum absolute atomic E-state index is 0.0232. The highest BCUT2D eigenvalue weighted by atomic mass is 35.5. The average molecular weight is 319 g/mol. The van der Waals surface area contributed by atoms with Gasteiger partial charge < -0.3 is 10.2 Å². The first kappa shape index (κ1) is 14.7. The van der Waals surface area contributed by atoms with E-state index in [9.17, 15) is 9.59 Å². The lowest BCUT2D eigenvalue weighted by Gasteiger charge is -2.32. The van der Waals surface area contributed by atoms with Gasteiger partial charge in [0.1, 0.15) is 6.04 Å². The van der Waals surface area contributed by atoms with E-state index in [0.717, 1.165) is 15.0 Å². The third-order valence-corrected chi connectivity index (χ3v) is 5.30. The molecule has 0 aliphatic carbocycles. The Morgan fingerprint density at radius 2 is 2.42 bits per heavy atom. The summed E-state index contributed by atoms with van der Waals surface area (Å²) in [5.74, 6) is 1.12. The Hall–Kier alpha value is -0.720. The predicted octanol–water partition coefficient (Wildman–Crippen LogP) is 1.98. The fraction of sp³-hybridized carbons (Fsp3) is 0.500. The first-order valence-electron chi connectivity index (χ1n) is 5.97. The van der Waals surface area contributed by atoms with Gasteiger partial charge in [0.25, 0.3) is 0 Å². The summed E-state index contributed by atoms with van der Waals surface area (Å²) in [6.07, 6.45) is 0. The Bertz CT molecular complexity index is 478. The van der Waals surface area contributed by atoms with Crippen molar-refractivity contribution in [3.05, 3.63) is 21.3 Å². The maximum absolute atomic E-state index is 12.1. The topological polar surface area (TPSA) is 49.4 Å². The van der Waals surface area contributed by atoms with Gasteiger partial charge in [-0.2, -0.15) is 0 Å². The molecule has 1 aromatic heterocycles. The van der Waals surface area contributed by atoms with Crippen LogP contribution in [0.5, 0.6) is 0 Å². The van der Waals surface area contributed by atoms with Crippen molar-refractivity contribution in [3.8, 4) is 0 Å². The zero-order chi connectivity index (χ0) is 13.8. The molecular formula is C12H15ClN2O2S2. The standard InChI is InChI=1S/C12H15ClN2O2S2/c1-8-12(17)14-4-5-15(8)11(16)7-18-6-9-2-3-10(13)19-9/h2-3,8H,4-7H2,1H3,(H,14,17). The van der Waals surface area contributed by atoms with Crippen molar-refractivity contribution in [1.29, 1.82) is 0 Å². The number of hydrogen-bond donors (Lipinski definition) is 1. The smallest absolute Gasteiger partial charge is 0.242 e. The number of carbonyl (C=O) groups is 2. The van der Waals surface area contributed by atoms with Gasteiger partial charge in [-0.25, -0.2) is 0 Å². The molecule has 0 radical (unpaired) electrons. The number of hydrogen-bond acceptors (Lipinski definition) is 4. The lowest BCUT2D eigenvalue weighted by molar-refractivity contribution is -0.140. The van der Waals surface area contributed by atoms with Crippen LogP contribution >= 0.6 is 34.7 Å². The number of thioether (sulfide) groups is 1. The van der Waals surface area contributed by atoms with Gasteiger partial charge in [0, 0.05) is 23.7 Å². The summed E-state index contributed by atoms with van der Waals surface area (Å²) < 4.78 is 0.767. The second-order valence-corrected chi connectivity index (χ2v) is 7.04. The van der Waals surface area contributed by atoms with Crippen molar-refractivity contribution in [1.82, 2.24) is 10.2 Å². The Morgan fingerprint density at radius 1 is 1.63 bits per heavy atom. The molecule has 1 atom stereocenters. The maximum atomic E-state index is 12.1. The van der Waals surface area contributed by atoms with E-state index in [0.29, 0.717) is 18.8 Å². The minimum Gasteiger partial charge on any atom is -0.353 e. The highest BCUT2D eigenvalue weighted by Crippen LogP contribution is 2.25. The van der Waals surface area contributed by atoms with Gasteiger partial charge in [-0.3, -0.25) is 9.59 Å². The van der Waals surface area contributed by atoms with Gasteiger partial charge in [0.05, 0.1) is 10.1 Å². The summed E-state index contributed by atoms with van der Waals surface area (Å²) in [7, 11) is 0. The van der Waals surface area contributed by atoms with E-state index in [2.05, 4.69) is 5.32 Å². The molecule has 0 spiro atoms. The summed E-state index contributed by atoms with van der Waals surface area (Å²) in [5, 5.41) is 2.75. The van der Waals surface area contributed by atoms with Crippen molar-refractivity contribution in [2.45, 2.75) is 18.7 Å². The van der Waals surface area contributed by atoms with Crippen molar-refractivity contribution < 1.29 is 9.59 Å². The lowest BCUT2D eigenvalue weighted by atomic mass is 10.2. The molecule has 1 saturated heterocycles. The number of nitrogens with one attached hydrogen (secondary N) is 1. The normalized spacial score (nSPS) is 19.4. The molecule has 104 valence electrons. The van der Waals surface area contributed by atoms with Crippen LogP contribution in [0.2, 0.25) is 4.34 Å². The van der Waals surface area contributed by atoms with Crippen LogP contribution in [0, 0.1) is 0 Å². The van der Waals surface area contributed by atoms with E-state index in [1.165, 1.54) is 11.3 Å². The molecule has 1 aliphatic rings. The summed E-state index contributed by atoms with van der Waals surface area (Å²) in [6.45, 7) is 2.90. The number of nitrogens with zero attached hydrogens (tertiary/aromatic N) is 1. The number of thiophene rings is 1. The molecule has 2 heterocycles. The SMILES string of the molecule is CC1C(=O)NCCN1C(=O)CSCc1ccc(Cl)s1. The zero-order valence-electron chi connectivity index (χ0n) is 10.5. The van der Waals surface area contributed by atoms with Crippen LogP contribution in [0.15, 0.2) is 12.1 Å². The predicted molar refractivity (Wildman–Crippen MR) is 79.7 cm³/mol. The molecule has 1 aliphatic heterocycles. The van der Waals surface area contributed by atoms with Gasteiger partial charge in [-0.1, -0.05) is 11.6 Å². The van der Waals surface area contributed by atoms with E-state index in [1.54, 1.807) is 23.6 Å². The maximum Gasteiger partial charge on any atom is 0.242 e. The monoisotopic (exact) mass is 318 g/mol. The highest BCUT2D eigenvalue weighted by molar-refractivity contribution is 7.99. The average Bonchev–Trinajstić information content (AvgIpc) is 2.78. The van der Waals surface area contributed by atoms with Crippen LogP contribution < -0.4 is 5.32 Å². The first-order valence-corrected chi connectivity index (χ1v) is 8.32. The van der Waals surface area contributed by atoms with Crippen LogP contribution in [0.3, 0.4) is 0 Å². The molecule has 0 bridgehead atoms. The number of amides is 2. The Kier molecular flexibility index (Phi) is 5.13. The van der Waals surface area contributed by atoms with Gasteiger partial charge >= 0.3 is 0 Å². The van der Waals surface area contributed by atoms with Gasteiger partial charge in [0.15, 0.2) is 0 Å². The first-order chi connectivity index (χ1) is 9.08. The van der Waals surface area contributed by atoms with Crippen LogP contribution in [-0.4, -0.2) is 41.6 Å². The fourth-order valence-corrected chi connectivity index (χ4v) is 3.98. The third kappa shape index (κ3) is 3.87. The number of carbonyl (C=O) groups excluding carboxylic acids is 2. The number of rotatable bonds is 4. The molecule has 1 unspecified atom stereocenters. The van der Waals surface area contributed by atoms with E-state index in [-0.39, 0.29) is 17.9 Å². The molecule has 1 N–H and O–H groups in total. The minimum atomic E-state index is -0.363. The Morgan fingerprint density at radius 3 is 3.11 bits per heavy atom. The summed E-state index contributed by atoms with van der Waals surface area (Å²) in [6, 6.07) is 3.47. The zero-order valence-corrected chi connectivity index (χ0v) is 12.9. The van der Waals surface area contributed by atoms with Gasteiger partial charge in [0.2, 0.25) is 11.8 Å². The molecule has 19 heavy (non-hydrogen) atoms. The van der Waals surface area contributed by atoms with Gasteiger partial charge in [-0.05, 0) is 19.1 Å². The summed E-state index contributed by atoms with van der Waals surface area (Å²) >= 11 is 8.93. The molecule has 1 fully saturated rings. The van der Waals surface area contributed by atoms with Crippen LogP contribution in [0.25, 0.3) is 0 Å². The molecular weight excluding hydrogens is 304 g/mol. The van der Waals surface area contributed by atoms with Crippen molar-refractivity contribution in [2.75, 3.05) is 18.8 Å². The van der Waals surface area contributed by atoms with E-state index < -0.39 is 0 Å². The Balaban J connectivity index is 1.79. The van der Waals surface area contributed by atoms with Crippen LogP contribution in [0.4, 0.5) is 0 Å². The van der Waals surface area contributed by atoms with Gasteiger partial charge in [-0.15, -0.1) is 23.1 Å². The molecule has 4 nitrogen and oxygen atoms in total. The lowest BCUT2D eigenvalue weighted by Crippen LogP contribution is -2.56. The quantitative estimate of drug-likeness (QED) is 0.923. The van der Waals surface area contributed by atoms with E-state index >= 15 is 0 Å². The summed E-state index contributed by atoms with van der Waals surface area (Å²) in [5.41, 5.74) is 0. The summed E-state index contributed by atoms with van der Waals surface area (Å²) in [4.78, 5) is 26.3. The van der Waals surface area contributed by atoms with E-state index in [1.807, 2.05) is 12.1 Å². The largest absolute Gasteiger partial charge is 0.353 e. The third-order valence-electron chi connectivity index (χ3n) is 2.92. The van der Waals surface area contributed by atoms with Crippen LogP contribution in [-0.2, 0) is 15.3 Å². The highest BCUT2D eigenvalue weighted by Gasteiger charge is 2.28. The van der Waals surface area contributed by atoms with Crippen molar-refractivity contribution >= 4 is 46.5 Å². The molecule has 0 saturated carbocycles. The van der Waals surface area contributed by atoms with Crippen molar-refractivity contribution in [2.24, 2.45) is 0 Å². The number of halogens is 1. The van der Waals surface area contributed by atoms with E-state index in [4.69, 9.17) is 11.6 Å². The molecule has 2 amide bonds. The molecule has 2 rings (SSSR count). The fourth-order valence-electron chi connectivity index (χ4n) is 1.87. The molecule has 0 aromatic carbocycles. The molecule has 1 aromatic rings. The molecule has 7 heteroatoms. The second kappa shape index (κ2) is 6.63.